The Morgan fingerprint density at radius 2 is 2.03 bits per heavy atom. The number of H-pyrrole nitrogens is 2. The zero-order valence-corrected chi connectivity index (χ0v) is 17.7. The first-order valence-corrected chi connectivity index (χ1v) is 10.5. The molecular formula is C21H23N3O4S. The molecule has 3 heterocycles. The molecule has 7 nitrogen and oxygen atoms in total. The van der Waals surface area contributed by atoms with Gasteiger partial charge in [0.1, 0.15) is 23.0 Å². The second-order valence-corrected chi connectivity index (χ2v) is 8.89. The molecule has 1 aliphatic carbocycles. The molecule has 0 saturated heterocycles. The van der Waals surface area contributed by atoms with Crippen LogP contribution in [0, 0.1) is 19.8 Å². The Morgan fingerprint density at radius 1 is 1.28 bits per heavy atom. The lowest BCUT2D eigenvalue weighted by Gasteiger charge is -2.17. The number of rotatable bonds is 4. The lowest BCUT2D eigenvalue weighted by molar-refractivity contribution is 0.0455. The Morgan fingerprint density at radius 3 is 2.72 bits per heavy atom. The van der Waals surface area contributed by atoms with Crippen molar-refractivity contribution in [2.45, 2.75) is 53.6 Å². The summed E-state index contributed by atoms with van der Waals surface area (Å²) in [5.41, 5.74) is 2.89. The molecule has 0 aliphatic heterocycles. The highest BCUT2D eigenvalue weighted by Gasteiger charge is 2.24. The molecule has 0 unspecified atom stereocenters. The molecule has 3 aromatic heterocycles. The van der Waals surface area contributed by atoms with Crippen molar-refractivity contribution in [3.63, 3.8) is 0 Å². The number of ether oxygens (including phenoxy) is 1. The number of aromatic nitrogens is 3. The van der Waals surface area contributed by atoms with E-state index < -0.39 is 5.97 Å². The molecule has 0 fully saturated rings. The Bertz CT molecular complexity index is 1200. The highest BCUT2D eigenvalue weighted by molar-refractivity contribution is 7.18. The van der Waals surface area contributed by atoms with Gasteiger partial charge in [-0.15, -0.1) is 11.3 Å². The molecule has 1 aliphatic rings. The van der Waals surface area contributed by atoms with Crippen LogP contribution in [-0.2, 0) is 24.2 Å². The van der Waals surface area contributed by atoms with E-state index in [1.54, 1.807) is 25.2 Å². The number of thiophene rings is 1. The lowest BCUT2D eigenvalue weighted by Crippen LogP contribution is -2.16. The van der Waals surface area contributed by atoms with Crippen molar-refractivity contribution in [3.8, 4) is 0 Å². The van der Waals surface area contributed by atoms with Gasteiger partial charge in [0.15, 0.2) is 5.78 Å². The predicted molar refractivity (Wildman–Crippen MR) is 111 cm³/mol. The number of esters is 1. The molecule has 2 N–H and O–H groups in total. The quantitative estimate of drug-likeness (QED) is 0.502. The topological polar surface area (TPSA) is 105 Å². The third-order valence-corrected chi connectivity index (χ3v) is 6.70. The number of nitrogens with zero attached hydrogens (tertiary/aromatic N) is 1. The standard InChI is InChI=1S/C21H23N3O4S/c1-9-5-6-13-14(7-9)29-20-17(13)19(26)23-15(24-20)8-28-21(27)18-10(2)16(12(4)25)11(3)22-18/h9,22H,5-8H2,1-4H3,(H,23,24,26)/t9-/m0/s1. The summed E-state index contributed by atoms with van der Waals surface area (Å²) in [5.74, 6) is 0.237. The lowest BCUT2D eigenvalue weighted by atomic mass is 9.89. The highest BCUT2D eigenvalue weighted by atomic mass is 32.1. The Labute approximate surface area is 171 Å². The summed E-state index contributed by atoms with van der Waals surface area (Å²) in [5, 5.41) is 0.675. The van der Waals surface area contributed by atoms with Crippen LogP contribution in [0.15, 0.2) is 4.79 Å². The van der Waals surface area contributed by atoms with Crippen molar-refractivity contribution in [1.82, 2.24) is 15.0 Å². The number of fused-ring (bicyclic) bond motifs is 3. The molecule has 0 bridgehead atoms. The van der Waals surface area contributed by atoms with Crippen LogP contribution >= 0.6 is 11.3 Å². The van der Waals surface area contributed by atoms with Gasteiger partial charge in [-0.05, 0) is 57.1 Å². The van der Waals surface area contributed by atoms with Gasteiger partial charge in [0.2, 0.25) is 0 Å². The van der Waals surface area contributed by atoms with E-state index in [1.165, 1.54) is 11.8 Å². The number of nitrogens with one attached hydrogen (secondary N) is 2. The maximum atomic E-state index is 12.6. The van der Waals surface area contributed by atoms with E-state index in [0.29, 0.717) is 38.8 Å². The minimum absolute atomic E-state index is 0.109. The van der Waals surface area contributed by atoms with Crippen molar-refractivity contribution >= 4 is 33.3 Å². The number of carbonyl (C=O) groups excluding carboxylic acids is 2. The van der Waals surface area contributed by atoms with E-state index in [9.17, 15) is 14.4 Å². The first-order chi connectivity index (χ1) is 13.8. The third-order valence-electron chi connectivity index (χ3n) is 5.55. The third kappa shape index (κ3) is 3.42. The first kappa shape index (κ1) is 19.6. The van der Waals surface area contributed by atoms with Gasteiger partial charge in [-0.2, -0.15) is 0 Å². The second kappa shape index (κ2) is 7.26. The van der Waals surface area contributed by atoms with E-state index in [4.69, 9.17) is 4.74 Å². The van der Waals surface area contributed by atoms with Crippen LogP contribution in [0.25, 0.3) is 10.2 Å². The molecule has 152 valence electrons. The largest absolute Gasteiger partial charge is 0.453 e. The number of ketones is 1. The number of carbonyl (C=O) groups is 2. The zero-order valence-electron chi connectivity index (χ0n) is 16.9. The van der Waals surface area contributed by atoms with Gasteiger partial charge in [-0.1, -0.05) is 6.92 Å². The fraction of sp³-hybridized carbons (Fsp3) is 0.429. The number of hydrogen-bond acceptors (Lipinski definition) is 6. The summed E-state index contributed by atoms with van der Waals surface area (Å²) >= 11 is 1.56. The van der Waals surface area contributed by atoms with Crippen molar-refractivity contribution in [2.24, 2.45) is 5.92 Å². The summed E-state index contributed by atoms with van der Waals surface area (Å²) in [4.78, 5) is 49.0. The van der Waals surface area contributed by atoms with Crippen molar-refractivity contribution in [3.05, 3.63) is 49.1 Å². The van der Waals surface area contributed by atoms with E-state index in [-0.39, 0.29) is 23.6 Å². The fourth-order valence-corrected chi connectivity index (χ4v) is 5.55. The Kier molecular flexibility index (Phi) is 4.90. The normalized spacial score (nSPS) is 16.1. The van der Waals surface area contributed by atoms with Crippen molar-refractivity contribution in [1.29, 1.82) is 0 Å². The molecule has 3 aromatic rings. The van der Waals surface area contributed by atoms with Crippen molar-refractivity contribution in [2.75, 3.05) is 0 Å². The summed E-state index contributed by atoms with van der Waals surface area (Å²) in [6.45, 7) is 6.99. The Hall–Kier alpha value is -2.74. The number of aryl methyl sites for hydroxylation is 2. The molecule has 0 amide bonds. The average Bonchev–Trinajstić information content (AvgIpc) is 3.15. The van der Waals surface area contributed by atoms with Gasteiger partial charge in [-0.3, -0.25) is 9.59 Å². The molecule has 8 heteroatoms. The summed E-state index contributed by atoms with van der Waals surface area (Å²) in [7, 11) is 0. The molecule has 0 spiro atoms. The van der Waals surface area contributed by atoms with Crippen LogP contribution in [0.3, 0.4) is 0 Å². The summed E-state index contributed by atoms with van der Waals surface area (Å²) < 4.78 is 5.36. The highest BCUT2D eigenvalue weighted by Crippen LogP contribution is 2.35. The first-order valence-electron chi connectivity index (χ1n) is 9.67. The van der Waals surface area contributed by atoms with E-state index in [1.807, 2.05) is 0 Å². The van der Waals surface area contributed by atoms with Crippen LogP contribution in [-0.4, -0.2) is 26.7 Å². The van der Waals surface area contributed by atoms with Gasteiger partial charge >= 0.3 is 5.97 Å². The van der Waals surface area contributed by atoms with Gasteiger partial charge < -0.3 is 14.7 Å². The fourth-order valence-electron chi connectivity index (χ4n) is 4.15. The maximum Gasteiger partial charge on any atom is 0.355 e. The van der Waals surface area contributed by atoms with E-state index >= 15 is 0 Å². The molecule has 0 radical (unpaired) electrons. The predicted octanol–water partition coefficient (Wildman–Crippen LogP) is 3.61. The Balaban J connectivity index is 1.58. The van der Waals surface area contributed by atoms with E-state index in [2.05, 4.69) is 21.9 Å². The molecule has 29 heavy (non-hydrogen) atoms. The average molecular weight is 413 g/mol. The van der Waals surface area contributed by atoms with Gasteiger partial charge in [-0.25, -0.2) is 9.78 Å². The van der Waals surface area contributed by atoms with Gasteiger partial charge in [0, 0.05) is 16.1 Å². The van der Waals surface area contributed by atoms with E-state index in [0.717, 1.165) is 24.8 Å². The summed E-state index contributed by atoms with van der Waals surface area (Å²) in [6.07, 6.45) is 2.96. The maximum absolute atomic E-state index is 12.6. The molecule has 4 rings (SSSR count). The smallest absolute Gasteiger partial charge is 0.355 e. The number of aromatic amines is 2. The van der Waals surface area contributed by atoms with Crippen LogP contribution in [0.1, 0.15) is 68.6 Å². The van der Waals surface area contributed by atoms with Crippen LogP contribution in [0.5, 0.6) is 0 Å². The summed E-state index contributed by atoms with van der Waals surface area (Å²) in [6, 6.07) is 0. The minimum atomic E-state index is -0.583. The minimum Gasteiger partial charge on any atom is -0.453 e. The SMILES string of the molecule is CC(=O)c1c(C)[nH]c(C(=O)OCc2nc3sc4c(c3c(=O)[nH]2)CC[C@H](C)C4)c1C. The molecule has 0 saturated carbocycles. The van der Waals surface area contributed by atoms with Crippen LogP contribution in [0.2, 0.25) is 0 Å². The van der Waals surface area contributed by atoms with Gasteiger partial charge in [0.25, 0.3) is 5.56 Å². The van der Waals surface area contributed by atoms with Crippen molar-refractivity contribution < 1.29 is 14.3 Å². The number of Topliss-reactive ketones (excluding diaryl/α,β-unsaturated/α-hetero) is 1. The van der Waals surface area contributed by atoms with Gasteiger partial charge in [0.05, 0.1) is 5.39 Å². The van der Waals surface area contributed by atoms with Crippen LogP contribution < -0.4 is 5.56 Å². The van der Waals surface area contributed by atoms with Crippen LogP contribution in [0.4, 0.5) is 0 Å². The molecule has 1 atom stereocenters. The zero-order chi connectivity index (χ0) is 20.9. The molecular weight excluding hydrogens is 390 g/mol. The second-order valence-electron chi connectivity index (χ2n) is 7.80. The number of hydrogen-bond donors (Lipinski definition) is 2. The molecule has 0 aromatic carbocycles. The monoisotopic (exact) mass is 413 g/mol.